The molecular weight excluding hydrogens is 407 g/mol. The lowest BCUT2D eigenvalue weighted by Crippen LogP contribution is -2.39. The number of fused-ring (bicyclic) bond motifs is 1. The molecule has 0 saturated heterocycles. The highest BCUT2D eigenvalue weighted by atomic mass is 19.3. The molecule has 4 atom stereocenters. The van der Waals surface area contributed by atoms with Crippen molar-refractivity contribution in [2.45, 2.75) is 63.0 Å². The minimum Gasteiger partial charge on any atom is -0.347 e. The van der Waals surface area contributed by atoms with Crippen molar-refractivity contribution in [2.24, 2.45) is 11.7 Å². The number of nitrogens with two attached hydrogens (primary N) is 1. The fourth-order valence-electron chi connectivity index (χ4n) is 3.74. The fraction of sp³-hybridized carbons (Fsp3) is 0.600. The summed E-state index contributed by atoms with van der Waals surface area (Å²) >= 11 is 0. The van der Waals surface area contributed by atoms with Crippen LogP contribution in [0.5, 0.6) is 0 Å². The maximum atomic E-state index is 13.5. The molecule has 2 unspecified atom stereocenters. The van der Waals surface area contributed by atoms with Crippen LogP contribution in [-0.2, 0) is 4.79 Å². The number of H-pyrrole nitrogens is 1. The van der Waals surface area contributed by atoms with Gasteiger partial charge in [-0.25, -0.2) is 26.9 Å². The molecule has 5 nitrogen and oxygen atoms in total. The Kier molecular flexibility index (Phi) is 6.64. The van der Waals surface area contributed by atoms with Crippen LogP contribution in [0.25, 0.3) is 11.0 Å². The predicted octanol–water partition coefficient (Wildman–Crippen LogP) is 4.21. The van der Waals surface area contributed by atoms with Crippen LogP contribution in [-0.4, -0.2) is 40.8 Å². The molecule has 1 saturated carbocycles. The Morgan fingerprint density at radius 2 is 2.00 bits per heavy atom. The van der Waals surface area contributed by atoms with E-state index < -0.39 is 42.9 Å². The highest BCUT2D eigenvalue weighted by Gasteiger charge is 2.37. The monoisotopic (exact) mass is 432 g/mol. The third kappa shape index (κ3) is 4.91. The molecule has 1 fully saturated rings. The summed E-state index contributed by atoms with van der Waals surface area (Å²) in [4.78, 5) is 19.3. The second kappa shape index (κ2) is 8.87. The van der Waals surface area contributed by atoms with Gasteiger partial charge in [-0.15, -0.1) is 0 Å². The number of hydrogen-bond acceptors (Lipinski definition) is 3. The van der Waals surface area contributed by atoms with Crippen molar-refractivity contribution in [3.05, 3.63) is 29.6 Å². The highest BCUT2D eigenvalue weighted by molar-refractivity contribution is 5.82. The van der Waals surface area contributed by atoms with Crippen molar-refractivity contribution in [2.75, 3.05) is 6.67 Å². The quantitative estimate of drug-likeness (QED) is 0.573. The van der Waals surface area contributed by atoms with E-state index in [0.29, 0.717) is 35.3 Å². The Balaban J connectivity index is 1.70. The summed E-state index contributed by atoms with van der Waals surface area (Å²) in [5.41, 5.74) is 8.07. The minimum atomic E-state index is -2.63. The van der Waals surface area contributed by atoms with E-state index in [9.17, 15) is 26.7 Å². The van der Waals surface area contributed by atoms with Crippen molar-refractivity contribution in [1.29, 1.82) is 0 Å². The van der Waals surface area contributed by atoms with Gasteiger partial charge in [0.05, 0.1) is 23.1 Å². The van der Waals surface area contributed by atoms with Gasteiger partial charge in [0.2, 0.25) is 12.1 Å². The molecule has 1 aliphatic carbocycles. The van der Waals surface area contributed by atoms with Gasteiger partial charge in [-0.2, -0.15) is 0 Å². The SMILES string of the molecule is C[C@H](NC(=O)C(F)C(F)CF)c1ccc2nc([C@@H](N)C3CCC(F)(F)CC3)[nH]c2c1. The lowest BCUT2D eigenvalue weighted by atomic mass is 9.82. The van der Waals surface area contributed by atoms with Gasteiger partial charge in [0.1, 0.15) is 12.5 Å². The third-order valence-corrected chi connectivity index (χ3v) is 5.68. The summed E-state index contributed by atoms with van der Waals surface area (Å²) in [6.07, 6.45) is -4.83. The van der Waals surface area contributed by atoms with E-state index in [4.69, 9.17) is 5.73 Å². The second-order valence-electron chi connectivity index (χ2n) is 7.92. The maximum absolute atomic E-state index is 13.5. The first-order valence-corrected chi connectivity index (χ1v) is 9.88. The number of imidazole rings is 1. The number of aromatic amines is 1. The van der Waals surface area contributed by atoms with E-state index in [-0.39, 0.29) is 18.8 Å². The number of rotatable bonds is 7. The number of alkyl halides is 5. The van der Waals surface area contributed by atoms with E-state index in [1.54, 1.807) is 25.1 Å². The van der Waals surface area contributed by atoms with Gasteiger partial charge < -0.3 is 16.0 Å². The summed E-state index contributed by atoms with van der Waals surface area (Å²) < 4.78 is 65.5. The molecule has 0 spiro atoms. The van der Waals surface area contributed by atoms with E-state index in [0.717, 1.165) is 0 Å². The lowest BCUT2D eigenvalue weighted by Gasteiger charge is -2.31. The normalized spacial score (nSPS) is 21.2. The maximum Gasteiger partial charge on any atom is 0.258 e. The summed E-state index contributed by atoms with van der Waals surface area (Å²) in [7, 11) is 0. The number of amides is 1. The average Bonchev–Trinajstić information content (AvgIpc) is 3.15. The van der Waals surface area contributed by atoms with Crippen molar-refractivity contribution in [1.82, 2.24) is 15.3 Å². The molecule has 4 N–H and O–H groups in total. The van der Waals surface area contributed by atoms with Crippen molar-refractivity contribution < 1.29 is 26.7 Å². The number of hydrogen-bond donors (Lipinski definition) is 3. The fourth-order valence-corrected chi connectivity index (χ4v) is 3.74. The molecule has 0 bridgehead atoms. The number of halogens is 5. The molecule has 30 heavy (non-hydrogen) atoms. The first-order valence-electron chi connectivity index (χ1n) is 9.88. The molecule has 1 aromatic carbocycles. The zero-order valence-electron chi connectivity index (χ0n) is 16.5. The van der Waals surface area contributed by atoms with E-state index in [1.807, 2.05) is 0 Å². The molecule has 1 aliphatic rings. The largest absolute Gasteiger partial charge is 0.347 e. The van der Waals surface area contributed by atoms with Crippen LogP contribution in [0.4, 0.5) is 22.0 Å². The standard InChI is InChI=1S/C20H25F5N4O/c1-10(27-19(30)16(23)13(22)9-21)12-2-3-14-15(8-12)29-18(28-14)17(26)11-4-6-20(24,25)7-5-11/h2-3,8,10-11,13,16-17H,4-7,9,26H2,1H3,(H,27,30)(H,28,29)/t10-,13?,16?,17-/m0/s1. The lowest BCUT2D eigenvalue weighted by molar-refractivity contribution is -0.129. The summed E-state index contributed by atoms with van der Waals surface area (Å²) in [5.74, 6) is -3.48. The van der Waals surface area contributed by atoms with Gasteiger partial charge in [0.25, 0.3) is 5.91 Å². The van der Waals surface area contributed by atoms with Crippen LogP contribution in [0.3, 0.4) is 0 Å². The van der Waals surface area contributed by atoms with Crippen LogP contribution in [0.1, 0.15) is 56.1 Å². The molecule has 2 aromatic rings. The second-order valence-corrected chi connectivity index (χ2v) is 7.92. The number of nitrogens with one attached hydrogen (secondary N) is 2. The number of benzene rings is 1. The minimum absolute atomic E-state index is 0.103. The Hall–Kier alpha value is -2.23. The van der Waals surface area contributed by atoms with Crippen LogP contribution < -0.4 is 11.1 Å². The van der Waals surface area contributed by atoms with Crippen LogP contribution >= 0.6 is 0 Å². The van der Waals surface area contributed by atoms with Gasteiger partial charge in [-0.1, -0.05) is 6.07 Å². The van der Waals surface area contributed by atoms with Gasteiger partial charge in [-0.05, 0) is 43.4 Å². The average molecular weight is 432 g/mol. The van der Waals surface area contributed by atoms with Crippen LogP contribution in [0.15, 0.2) is 18.2 Å². The zero-order valence-corrected chi connectivity index (χ0v) is 16.5. The Labute approximate surface area is 170 Å². The van der Waals surface area contributed by atoms with Crippen molar-refractivity contribution in [3.63, 3.8) is 0 Å². The summed E-state index contributed by atoms with van der Waals surface area (Å²) in [5, 5.41) is 2.31. The first kappa shape index (κ1) is 22.5. The smallest absolute Gasteiger partial charge is 0.258 e. The van der Waals surface area contributed by atoms with E-state index in [2.05, 4.69) is 15.3 Å². The highest BCUT2D eigenvalue weighted by Crippen LogP contribution is 2.40. The predicted molar refractivity (Wildman–Crippen MR) is 102 cm³/mol. The van der Waals surface area contributed by atoms with Crippen molar-refractivity contribution in [3.8, 4) is 0 Å². The molecule has 1 heterocycles. The molecule has 3 rings (SSSR count). The van der Waals surface area contributed by atoms with E-state index >= 15 is 0 Å². The van der Waals surface area contributed by atoms with Gasteiger partial charge in [0.15, 0.2) is 6.17 Å². The number of carbonyl (C=O) groups is 1. The topological polar surface area (TPSA) is 83.8 Å². The number of carbonyl (C=O) groups excluding carboxylic acids is 1. The van der Waals surface area contributed by atoms with E-state index in [1.165, 1.54) is 0 Å². The van der Waals surface area contributed by atoms with Crippen LogP contribution in [0, 0.1) is 5.92 Å². The Morgan fingerprint density at radius 3 is 2.63 bits per heavy atom. The van der Waals surface area contributed by atoms with Gasteiger partial charge in [-0.3, -0.25) is 4.79 Å². The molecular formula is C20H25F5N4O. The third-order valence-electron chi connectivity index (χ3n) is 5.68. The molecule has 10 heteroatoms. The zero-order chi connectivity index (χ0) is 22.1. The Morgan fingerprint density at radius 1 is 1.33 bits per heavy atom. The molecule has 0 aliphatic heterocycles. The molecule has 1 aromatic heterocycles. The van der Waals surface area contributed by atoms with Crippen LogP contribution in [0.2, 0.25) is 0 Å². The molecule has 166 valence electrons. The first-order chi connectivity index (χ1) is 14.1. The summed E-state index contributed by atoms with van der Waals surface area (Å²) in [6.45, 7) is 0.00439. The van der Waals surface area contributed by atoms with Gasteiger partial charge in [0, 0.05) is 12.8 Å². The number of aromatic nitrogens is 2. The summed E-state index contributed by atoms with van der Waals surface area (Å²) in [6, 6.07) is 3.87. The van der Waals surface area contributed by atoms with Crippen molar-refractivity contribution >= 4 is 16.9 Å². The molecule has 1 amide bonds. The van der Waals surface area contributed by atoms with Gasteiger partial charge >= 0.3 is 0 Å². The number of nitrogens with zero attached hydrogens (tertiary/aromatic N) is 1. The Bertz CT molecular complexity index is 879. The molecule has 0 radical (unpaired) electrons.